The van der Waals surface area contributed by atoms with Crippen LogP contribution in [0.1, 0.15) is 0 Å². The summed E-state index contributed by atoms with van der Waals surface area (Å²) in [4.78, 5) is 31.4. The summed E-state index contributed by atoms with van der Waals surface area (Å²) in [5.41, 5.74) is 0. The molecule has 0 aliphatic carbocycles. The molecule has 0 unspecified atom stereocenters. The fraction of sp³-hybridized carbons (Fsp3) is 0. The Hall–Kier alpha value is 0.180. The molecule has 0 bridgehead atoms. The van der Waals surface area contributed by atoms with Crippen LogP contribution < -0.4 is 0 Å². The highest BCUT2D eigenvalue weighted by atomic mass is 31.2. The van der Waals surface area contributed by atoms with E-state index in [-0.39, 0.29) is 0 Å². The molecule has 0 aliphatic rings. The summed E-state index contributed by atoms with van der Waals surface area (Å²) in [5.74, 6) is 0. The summed E-state index contributed by atoms with van der Waals surface area (Å²) in [6.07, 6.45) is 0. The van der Waals surface area contributed by atoms with E-state index in [9.17, 15) is 9.13 Å². The minimum Gasteiger partial charge on any atom is -0.301 e. The van der Waals surface area contributed by atoms with Crippen molar-refractivity contribution in [1.82, 2.24) is 0 Å². The zero-order valence-electron chi connectivity index (χ0n) is 4.72. The first-order chi connectivity index (χ1) is 4.71. The van der Waals surface area contributed by atoms with Crippen LogP contribution in [0.15, 0.2) is 0 Å². The van der Waals surface area contributed by atoms with Gasteiger partial charge >= 0.3 is 15.6 Å². The average Bonchev–Trinajstić information content (AvgIpc) is 1.55. The quantitative estimate of drug-likeness (QED) is 0.262. The van der Waals surface area contributed by atoms with Crippen LogP contribution in [-0.4, -0.2) is 19.6 Å². The second-order valence-electron chi connectivity index (χ2n) is 1.20. The maximum absolute atomic E-state index is 9.73. The molecule has 0 amide bonds. The number of rotatable bonds is 4. The molecule has 68 valence electrons. The highest BCUT2D eigenvalue weighted by molar-refractivity contribution is 7.46. The van der Waals surface area contributed by atoms with E-state index in [1.54, 1.807) is 0 Å². The van der Waals surface area contributed by atoms with Crippen molar-refractivity contribution >= 4 is 15.6 Å². The smallest absolute Gasteiger partial charge is 0.301 e. The molecule has 0 aromatic carbocycles. The summed E-state index contributed by atoms with van der Waals surface area (Å²) in [6.45, 7) is 0. The third kappa shape index (κ3) is 10.2. The van der Waals surface area contributed by atoms with Crippen molar-refractivity contribution in [2.24, 2.45) is 0 Å². The van der Waals surface area contributed by atoms with Crippen molar-refractivity contribution in [3.8, 4) is 0 Å². The minimum absolute atomic E-state index is 3.04. The predicted molar refractivity (Wildman–Crippen MR) is 27.3 cm³/mol. The highest BCUT2D eigenvalue weighted by Gasteiger charge is 2.21. The van der Waals surface area contributed by atoms with Crippen LogP contribution in [0.25, 0.3) is 0 Å². The van der Waals surface area contributed by atoms with Crippen LogP contribution in [0.5, 0.6) is 0 Å². The standard InChI is InChI=1S/H4O9P2/c1-10(2,3)8-7-9-11(4,5)6/h(H2,1,2,3)(H2,4,5,6). The fourth-order valence-corrected chi connectivity index (χ4v) is 0.360. The molecule has 0 aromatic rings. The van der Waals surface area contributed by atoms with Gasteiger partial charge in [0.05, 0.1) is 0 Å². The zero-order valence-corrected chi connectivity index (χ0v) is 6.51. The molecular weight excluding hydrogens is 206 g/mol. The van der Waals surface area contributed by atoms with Crippen molar-refractivity contribution < 1.29 is 43.1 Å². The summed E-state index contributed by atoms with van der Waals surface area (Å²) in [7, 11) is -9.88. The van der Waals surface area contributed by atoms with Gasteiger partial charge in [0.25, 0.3) is 0 Å². The molecule has 0 spiro atoms. The first-order valence-electron chi connectivity index (χ1n) is 1.86. The van der Waals surface area contributed by atoms with Crippen molar-refractivity contribution in [2.45, 2.75) is 0 Å². The molecule has 11 heteroatoms. The number of hydrogen-bond acceptors (Lipinski definition) is 5. The molecule has 11 heavy (non-hydrogen) atoms. The van der Waals surface area contributed by atoms with E-state index in [2.05, 4.69) is 14.4 Å². The van der Waals surface area contributed by atoms with Crippen LogP contribution in [-0.2, 0) is 23.5 Å². The van der Waals surface area contributed by atoms with Crippen LogP contribution in [0.2, 0.25) is 0 Å². The van der Waals surface area contributed by atoms with Gasteiger partial charge in [0.1, 0.15) is 0 Å². The van der Waals surface area contributed by atoms with Gasteiger partial charge in [-0.2, -0.15) is 0 Å². The molecule has 0 radical (unpaired) electrons. The predicted octanol–water partition coefficient (Wildman–Crippen LogP) is -0.948. The van der Waals surface area contributed by atoms with E-state index in [0.29, 0.717) is 0 Å². The fourth-order valence-electron chi connectivity index (χ4n) is 0.0929. The summed E-state index contributed by atoms with van der Waals surface area (Å²) < 4.78 is 25.6. The normalized spacial score (nSPS) is 13.5. The number of hydrogen-bond donors (Lipinski definition) is 4. The first-order valence-corrected chi connectivity index (χ1v) is 4.92. The Morgan fingerprint density at radius 3 is 1.27 bits per heavy atom. The Morgan fingerprint density at radius 2 is 1.09 bits per heavy atom. The second kappa shape index (κ2) is 3.72. The van der Waals surface area contributed by atoms with E-state index in [1.165, 1.54) is 0 Å². The molecule has 4 N–H and O–H groups in total. The topological polar surface area (TPSA) is 143 Å². The van der Waals surface area contributed by atoms with Crippen LogP contribution in [0.4, 0.5) is 0 Å². The van der Waals surface area contributed by atoms with Gasteiger partial charge in [0, 0.05) is 0 Å². The van der Waals surface area contributed by atoms with Crippen molar-refractivity contribution in [2.75, 3.05) is 0 Å². The third-order valence-electron chi connectivity index (χ3n) is 0.255. The molecule has 0 rings (SSSR count). The molecule has 0 aromatic heterocycles. The Balaban J connectivity index is 3.61. The maximum Gasteiger partial charge on any atom is 0.499 e. The lowest BCUT2D eigenvalue weighted by molar-refractivity contribution is -0.426. The number of phosphoric acid groups is 2. The van der Waals surface area contributed by atoms with Gasteiger partial charge in [-0.1, -0.05) is 9.35 Å². The van der Waals surface area contributed by atoms with Gasteiger partial charge in [0.2, 0.25) is 0 Å². The van der Waals surface area contributed by atoms with Crippen LogP contribution in [0.3, 0.4) is 0 Å². The zero-order chi connectivity index (χ0) is 9.12. The van der Waals surface area contributed by atoms with E-state index in [0.717, 1.165) is 0 Å². The molecule has 9 nitrogen and oxygen atoms in total. The lowest BCUT2D eigenvalue weighted by Gasteiger charge is -2.02. The lowest BCUT2D eigenvalue weighted by Crippen LogP contribution is -1.92. The lowest BCUT2D eigenvalue weighted by atomic mass is 14.6. The Kier molecular flexibility index (Phi) is 3.78. The van der Waals surface area contributed by atoms with Gasteiger partial charge in [-0.3, -0.25) is 0 Å². The average molecular weight is 210 g/mol. The molecule has 0 atom stereocenters. The third-order valence-corrected chi connectivity index (χ3v) is 0.765. The SMILES string of the molecule is O=P(O)(O)OOOP(=O)(O)O. The Labute approximate surface area is 59.8 Å². The minimum atomic E-state index is -4.94. The van der Waals surface area contributed by atoms with Gasteiger partial charge < -0.3 is 19.6 Å². The monoisotopic (exact) mass is 210 g/mol. The summed E-state index contributed by atoms with van der Waals surface area (Å²) in [6, 6.07) is 0. The Morgan fingerprint density at radius 1 is 0.818 bits per heavy atom. The molecule has 0 heterocycles. The summed E-state index contributed by atoms with van der Waals surface area (Å²) in [5, 5.41) is 3.04. The van der Waals surface area contributed by atoms with Gasteiger partial charge in [-0.25, -0.2) is 9.13 Å². The van der Waals surface area contributed by atoms with Crippen molar-refractivity contribution in [3.63, 3.8) is 0 Å². The molecule has 0 saturated carbocycles. The Bertz CT molecular complexity index is 170. The van der Waals surface area contributed by atoms with Gasteiger partial charge in [-0.15, -0.1) is 0 Å². The van der Waals surface area contributed by atoms with Gasteiger partial charge in [0.15, 0.2) is 0 Å². The first kappa shape index (κ1) is 11.2. The molecule has 0 saturated heterocycles. The van der Waals surface area contributed by atoms with E-state index >= 15 is 0 Å². The largest absolute Gasteiger partial charge is 0.499 e. The van der Waals surface area contributed by atoms with E-state index < -0.39 is 15.6 Å². The van der Waals surface area contributed by atoms with Crippen LogP contribution >= 0.6 is 15.6 Å². The van der Waals surface area contributed by atoms with E-state index in [1.807, 2.05) is 0 Å². The van der Waals surface area contributed by atoms with Gasteiger partial charge in [-0.05, 0) is 5.04 Å². The molecular formula is H4O9P2. The molecule has 0 aliphatic heterocycles. The van der Waals surface area contributed by atoms with Crippen molar-refractivity contribution in [3.05, 3.63) is 0 Å². The van der Waals surface area contributed by atoms with E-state index in [4.69, 9.17) is 19.6 Å². The second-order valence-corrected chi connectivity index (χ2v) is 3.46. The molecule has 0 fully saturated rings. The van der Waals surface area contributed by atoms with Crippen molar-refractivity contribution in [1.29, 1.82) is 0 Å². The maximum atomic E-state index is 9.73. The summed E-state index contributed by atoms with van der Waals surface area (Å²) >= 11 is 0. The highest BCUT2D eigenvalue weighted by Crippen LogP contribution is 2.41. The van der Waals surface area contributed by atoms with Crippen LogP contribution in [0, 0.1) is 0 Å².